The molecule has 0 spiro atoms. The molecule has 0 unspecified atom stereocenters. The van der Waals surface area contributed by atoms with Gasteiger partial charge >= 0.3 is 12.1 Å². The smallest absolute Gasteiger partial charge is 0.273 e. The van der Waals surface area contributed by atoms with E-state index in [1.807, 2.05) is 45.3 Å². The molecule has 0 atom stereocenters. The molecule has 9 aromatic rings. The summed E-state index contributed by atoms with van der Waals surface area (Å²) in [7, 11) is 0. The third kappa shape index (κ3) is 17.5. The van der Waals surface area contributed by atoms with Crippen LogP contribution in [0.15, 0.2) is 71.8 Å². The molecule has 20 heteroatoms. The van der Waals surface area contributed by atoms with Gasteiger partial charge in [0.05, 0.1) is 30.2 Å². The number of carbonyl (C=O) groups is 6. The highest BCUT2D eigenvalue weighted by Gasteiger charge is 2.30. The Labute approximate surface area is 584 Å². The number of hydrogen-bond donors (Lipinski definition) is 4. The molecule has 8 aromatic heterocycles. The number of aromatic nitrogens is 2. The molecular formula is C74H84N6O6S8. The van der Waals surface area contributed by atoms with Crippen LogP contribution in [0.3, 0.4) is 0 Å². The van der Waals surface area contributed by atoms with Crippen LogP contribution in [-0.4, -0.2) is 45.7 Å². The molecule has 0 bridgehead atoms. The summed E-state index contributed by atoms with van der Waals surface area (Å²) < 4.78 is 2.24. The van der Waals surface area contributed by atoms with Gasteiger partial charge in [-0.15, -0.1) is 90.7 Å². The Hall–Kier alpha value is -6.10. The number of imide groups is 4. The molecule has 2 aliphatic rings. The van der Waals surface area contributed by atoms with Gasteiger partial charge in [-0.1, -0.05) is 156 Å². The lowest BCUT2D eigenvalue weighted by molar-refractivity contribution is -0.125. The van der Waals surface area contributed by atoms with Crippen LogP contribution in [0, 0.1) is 0 Å². The molecule has 12 nitrogen and oxygen atoms in total. The SMILES string of the molecule is CCCCCCCCc1cc(C=C2C(=O)NC(=O)NC2=O)sc1-c1ccc(-c2sc(-c3nc4cc5sc(-c6cc(CCCCCCCC)c(-c7ccc(-c8sc(C=C9C(=O)NC(=O)NC9=O)cc8CCCCCCCC)s7)s6)nc5cc4s3)cc2CCCCCCCC)s1. The van der Waals surface area contributed by atoms with Crippen molar-refractivity contribution in [2.24, 2.45) is 0 Å². The van der Waals surface area contributed by atoms with Crippen LogP contribution in [0.4, 0.5) is 9.59 Å². The molecule has 494 valence electrons. The number of barbiturate groups is 2. The number of amides is 8. The maximum atomic E-state index is 12.8. The molecule has 1 aromatic carbocycles. The van der Waals surface area contributed by atoms with E-state index in [0.717, 1.165) is 114 Å². The quantitative estimate of drug-likeness (QED) is 0.0170. The number of hydrogen-bond acceptors (Lipinski definition) is 16. The predicted molar refractivity (Wildman–Crippen MR) is 400 cm³/mol. The van der Waals surface area contributed by atoms with Crippen molar-refractivity contribution in [2.45, 2.75) is 207 Å². The van der Waals surface area contributed by atoms with Crippen molar-refractivity contribution in [2.75, 3.05) is 0 Å². The van der Waals surface area contributed by atoms with Crippen LogP contribution in [0.5, 0.6) is 0 Å². The molecule has 8 amide bonds. The number of thiazole rings is 2. The Morgan fingerprint density at radius 2 is 0.606 bits per heavy atom. The Balaban J connectivity index is 0.873. The molecule has 2 fully saturated rings. The Morgan fingerprint density at radius 1 is 0.319 bits per heavy atom. The topological polar surface area (TPSA) is 176 Å². The number of aryl methyl sites for hydroxylation is 4. The van der Waals surface area contributed by atoms with E-state index in [-0.39, 0.29) is 11.1 Å². The maximum Gasteiger partial charge on any atom is 0.328 e. The molecule has 11 rings (SSSR count). The maximum absolute atomic E-state index is 12.8. The monoisotopic (exact) mass is 1410 g/mol. The zero-order chi connectivity index (χ0) is 65.5. The van der Waals surface area contributed by atoms with Gasteiger partial charge in [-0.2, -0.15) is 0 Å². The number of benzene rings is 1. The van der Waals surface area contributed by atoms with Gasteiger partial charge < -0.3 is 0 Å². The van der Waals surface area contributed by atoms with E-state index in [4.69, 9.17) is 9.97 Å². The molecule has 94 heavy (non-hydrogen) atoms. The second-order valence-corrected chi connectivity index (χ2v) is 33.3. The first-order valence-electron chi connectivity index (χ1n) is 34.1. The average molecular weight is 1410 g/mol. The fraction of sp³-hybridized carbons (Fsp3) is 0.432. The third-order valence-corrected chi connectivity index (χ3v) is 27.2. The lowest BCUT2D eigenvalue weighted by atomic mass is 10.0. The van der Waals surface area contributed by atoms with E-state index in [0.29, 0.717) is 0 Å². The van der Waals surface area contributed by atoms with E-state index in [1.54, 1.807) is 57.5 Å². The van der Waals surface area contributed by atoms with E-state index in [1.165, 1.54) is 177 Å². The molecule has 0 radical (unpaired) electrons. The lowest BCUT2D eigenvalue weighted by Gasteiger charge is -2.13. The second kappa shape index (κ2) is 33.7. The van der Waals surface area contributed by atoms with Crippen molar-refractivity contribution in [3.8, 4) is 58.8 Å². The molecule has 2 aliphatic heterocycles. The van der Waals surface area contributed by atoms with E-state index < -0.39 is 35.7 Å². The van der Waals surface area contributed by atoms with Crippen molar-refractivity contribution in [1.29, 1.82) is 0 Å². The van der Waals surface area contributed by atoms with E-state index >= 15 is 0 Å². The number of unbranched alkanes of at least 4 members (excludes halogenated alkanes) is 20. The van der Waals surface area contributed by atoms with Crippen molar-refractivity contribution < 1.29 is 28.8 Å². The van der Waals surface area contributed by atoms with Gasteiger partial charge in [0.1, 0.15) is 21.2 Å². The van der Waals surface area contributed by atoms with Crippen LogP contribution >= 0.6 is 90.7 Å². The molecule has 4 N–H and O–H groups in total. The van der Waals surface area contributed by atoms with Gasteiger partial charge in [0.2, 0.25) is 0 Å². The normalized spacial score (nSPS) is 13.7. The minimum atomic E-state index is -0.800. The predicted octanol–water partition coefficient (Wildman–Crippen LogP) is 22.4. The first kappa shape index (κ1) is 69.3. The summed E-state index contributed by atoms with van der Waals surface area (Å²) in [6.45, 7) is 9.01. The highest BCUT2D eigenvalue weighted by molar-refractivity contribution is 7.31. The second-order valence-electron chi connectivity index (χ2n) is 24.8. The summed E-state index contributed by atoms with van der Waals surface area (Å²) in [6, 6.07) is 20.9. The van der Waals surface area contributed by atoms with Crippen LogP contribution < -0.4 is 21.3 Å². The number of nitrogens with one attached hydrogen (secondary N) is 4. The van der Waals surface area contributed by atoms with Crippen LogP contribution in [-0.2, 0) is 44.9 Å². The largest absolute Gasteiger partial charge is 0.328 e. The van der Waals surface area contributed by atoms with Gasteiger partial charge in [-0.3, -0.25) is 40.4 Å². The Kier molecular flexibility index (Phi) is 24.8. The highest BCUT2D eigenvalue weighted by Crippen LogP contribution is 2.50. The number of fused-ring (bicyclic) bond motifs is 2. The zero-order valence-corrected chi connectivity index (χ0v) is 60.9. The number of carbonyl (C=O) groups excluding carboxylic acids is 6. The standard InChI is InChI=1S/C74H84N6O6S8/c1-5-9-13-17-21-25-29-45-37-49(41-51-67(81)77-73(85)78-68(51)82)87-63(45)55-33-35-57(89-55)65-47(31-27-23-19-15-11-7-3)39-61(91-65)71-75-53-43-60-54(44-59(53)93-71)76-72(94-60)62-40-48(32-28-24-20-16-12-8-4)66(92-62)58-36-34-56(90-58)64-46(30-26-22-18-14-10-6-2)38-50(88-64)42-52-69(83)79-74(86)80-70(52)84/h33-44H,5-32H2,1-4H3,(H2,77,78,81,82,85)(H2,79,80,83,84,86). The van der Waals surface area contributed by atoms with Gasteiger partial charge in [0.15, 0.2) is 0 Å². The fourth-order valence-corrected chi connectivity index (χ4v) is 21.7. The molecular weight excluding hydrogens is 1330 g/mol. The van der Waals surface area contributed by atoms with Gasteiger partial charge in [-0.05, 0) is 146 Å². The average Bonchev–Trinajstić information content (AvgIpc) is 1.63. The van der Waals surface area contributed by atoms with Crippen molar-refractivity contribution in [3.05, 3.63) is 104 Å². The van der Waals surface area contributed by atoms with E-state index in [2.05, 4.69) is 110 Å². The number of nitrogens with zero attached hydrogens (tertiary/aromatic N) is 2. The van der Waals surface area contributed by atoms with Gasteiger partial charge in [-0.25, -0.2) is 19.6 Å². The number of thiophene rings is 6. The van der Waals surface area contributed by atoms with Gasteiger partial charge in [0, 0.05) is 48.8 Å². The van der Waals surface area contributed by atoms with E-state index in [9.17, 15) is 28.8 Å². The lowest BCUT2D eigenvalue weighted by Crippen LogP contribution is -2.51. The summed E-state index contributed by atoms with van der Waals surface area (Å²) in [5.41, 5.74) is 6.98. The third-order valence-electron chi connectivity index (χ3n) is 17.4. The zero-order valence-electron chi connectivity index (χ0n) is 54.3. The first-order valence-corrected chi connectivity index (χ1v) is 40.6. The number of rotatable bonds is 36. The summed E-state index contributed by atoms with van der Waals surface area (Å²) in [5, 5.41) is 10.9. The van der Waals surface area contributed by atoms with Crippen LogP contribution in [0.1, 0.15) is 214 Å². The van der Waals surface area contributed by atoms with Crippen LogP contribution in [0.25, 0.3) is 91.4 Å². The molecule has 10 heterocycles. The Morgan fingerprint density at radius 3 is 0.926 bits per heavy atom. The van der Waals surface area contributed by atoms with Crippen molar-refractivity contribution in [1.82, 2.24) is 31.2 Å². The minimum Gasteiger partial charge on any atom is -0.273 e. The molecule has 0 aliphatic carbocycles. The van der Waals surface area contributed by atoms with Crippen molar-refractivity contribution in [3.63, 3.8) is 0 Å². The minimum absolute atomic E-state index is 0.0674. The van der Waals surface area contributed by atoms with Gasteiger partial charge in [0.25, 0.3) is 23.6 Å². The highest BCUT2D eigenvalue weighted by atomic mass is 32.1. The van der Waals surface area contributed by atoms with Crippen molar-refractivity contribution >= 4 is 159 Å². The first-order chi connectivity index (χ1) is 45.9. The summed E-state index contributed by atoms with van der Waals surface area (Å²) >= 11 is 14.0. The number of urea groups is 2. The fourth-order valence-electron chi connectivity index (χ4n) is 12.3. The summed E-state index contributed by atoms with van der Waals surface area (Å²) in [6.07, 6.45) is 35.9. The molecule has 2 saturated heterocycles. The summed E-state index contributed by atoms with van der Waals surface area (Å²) in [4.78, 5) is 99.4. The Bertz CT molecular complexity index is 3870. The molecule has 0 saturated carbocycles. The summed E-state index contributed by atoms with van der Waals surface area (Å²) in [5.74, 6) is -2.73. The van der Waals surface area contributed by atoms with Crippen LogP contribution in [0.2, 0.25) is 0 Å².